The Hall–Kier alpha value is -2.35. The zero-order valence-corrected chi connectivity index (χ0v) is 16.8. The number of aromatic nitrogens is 2. The van der Waals surface area contributed by atoms with Gasteiger partial charge < -0.3 is 14.1 Å². The second-order valence-corrected chi connectivity index (χ2v) is 7.58. The van der Waals surface area contributed by atoms with Crippen molar-refractivity contribution in [3.8, 4) is 0 Å². The van der Waals surface area contributed by atoms with E-state index in [4.69, 9.17) is 9.15 Å². The zero-order chi connectivity index (χ0) is 19.8. The molecule has 7 nitrogen and oxygen atoms in total. The van der Waals surface area contributed by atoms with Crippen LogP contribution in [0.25, 0.3) is 0 Å². The molecule has 3 rings (SSSR count). The largest absolute Gasteiger partial charge is 0.465 e. The molecule has 150 valence electrons. The van der Waals surface area contributed by atoms with Gasteiger partial charge in [-0.05, 0) is 31.9 Å². The number of anilines is 1. The van der Waals surface area contributed by atoms with E-state index in [9.17, 15) is 9.59 Å². The van der Waals surface area contributed by atoms with Crippen molar-refractivity contribution in [2.45, 2.75) is 50.2 Å². The van der Waals surface area contributed by atoms with Crippen LogP contribution in [0.4, 0.5) is 5.69 Å². The number of thioether (sulfide) groups is 1. The molecule has 1 amide bonds. The maximum absolute atomic E-state index is 12.8. The first-order valence-corrected chi connectivity index (χ1v) is 10.6. The lowest BCUT2D eigenvalue weighted by Crippen LogP contribution is -2.37. The van der Waals surface area contributed by atoms with E-state index in [1.807, 2.05) is 18.2 Å². The summed E-state index contributed by atoms with van der Waals surface area (Å²) in [6, 6.07) is 9.08. The molecule has 0 spiro atoms. The van der Waals surface area contributed by atoms with Gasteiger partial charge in [0.1, 0.15) is 6.54 Å². The molecular formula is C20H25N3O4S. The van der Waals surface area contributed by atoms with Crippen LogP contribution in [0.2, 0.25) is 0 Å². The van der Waals surface area contributed by atoms with Crippen LogP contribution in [-0.4, -0.2) is 41.0 Å². The fraction of sp³-hybridized carbons (Fsp3) is 0.500. The maximum Gasteiger partial charge on any atom is 0.326 e. The van der Waals surface area contributed by atoms with Gasteiger partial charge in [0.25, 0.3) is 5.22 Å². The minimum Gasteiger partial charge on any atom is -0.465 e. The van der Waals surface area contributed by atoms with Crippen molar-refractivity contribution in [1.29, 1.82) is 0 Å². The third-order valence-corrected chi connectivity index (χ3v) is 5.46. The molecule has 0 unspecified atom stereocenters. The summed E-state index contributed by atoms with van der Waals surface area (Å²) < 4.78 is 10.8. The molecule has 1 aliphatic carbocycles. The minimum atomic E-state index is -0.443. The van der Waals surface area contributed by atoms with E-state index in [1.54, 1.807) is 19.1 Å². The highest BCUT2D eigenvalue weighted by molar-refractivity contribution is 7.99. The third kappa shape index (κ3) is 5.58. The summed E-state index contributed by atoms with van der Waals surface area (Å²) in [4.78, 5) is 26.1. The van der Waals surface area contributed by atoms with Crippen LogP contribution in [0.1, 0.15) is 50.8 Å². The summed E-state index contributed by atoms with van der Waals surface area (Å²) in [6.07, 6.45) is 5.79. The van der Waals surface area contributed by atoms with Crippen molar-refractivity contribution in [2.24, 2.45) is 0 Å². The summed E-state index contributed by atoms with van der Waals surface area (Å²) in [5.74, 6) is 0.432. The van der Waals surface area contributed by atoms with E-state index in [0.29, 0.717) is 22.7 Å². The number of esters is 1. The number of nitrogens with zero attached hydrogens (tertiary/aromatic N) is 3. The van der Waals surface area contributed by atoms with Crippen LogP contribution in [-0.2, 0) is 14.3 Å². The number of ether oxygens (including phenoxy) is 1. The second-order valence-electron chi connectivity index (χ2n) is 6.65. The Kier molecular flexibility index (Phi) is 7.47. The molecule has 0 radical (unpaired) electrons. The number of benzene rings is 1. The van der Waals surface area contributed by atoms with Crippen molar-refractivity contribution in [3.05, 3.63) is 36.2 Å². The Bertz CT molecular complexity index is 775. The molecule has 0 atom stereocenters. The molecule has 2 aromatic rings. The number of para-hydroxylation sites is 1. The first-order chi connectivity index (χ1) is 13.7. The van der Waals surface area contributed by atoms with Crippen molar-refractivity contribution in [1.82, 2.24) is 10.2 Å². The van der Waals surface area contributed by atoms with Gasteiger partial charge in [-0.3, -0.25) is 9.59 Å². The van der Waals surface area contributed by atoms with Crippen LogP contribution >= 0.6 is 11.8 Å². The fourth-order valence-corrected chi connectivity index (χ4v) is 3.91. The van der Waals surface area contributed by atoms with Gasteiger partial charge in [-0.25, -0.2) is 0 Å². The monoisotopic (exact) mass is 403 g/mol. The Labute approximate surface area is 168 Å². The predicted octanol–water partition coefficient (Wildman–Crippen LogP) is 3.81. The first kappa shape index (κ1) is 20.4. The molecule has 0 N–H and O–H groups in total. The quantitative estimate of drug-likeness (QED) is 0.489. The molecule has 1 fully saturated rings. The molecular weight excluding hydrogens is 378 g/mol. The fourth-order valence-electron chi connectivity index (χ4n) is 3.26. The van der Waals surface area contributed by atoms with Crippen molar-refractivity contribution < 1.29 is 18.7 Å². The van der Waals surface area contributed by atoms with E-state index in [-0.39, 0.29) is 24.8 Å². The summed E-state index contributed by atoms with van der Waals surface area (Å²) in [5.41, 5.74) is 0.648. The highest BCUT2D eigenvalue weighted by Gasteiger charge is 2.23. The van der Waals surface area contributed by atoms with Gasteiger partial charge in [0.05, 0.1) is 12.4 Å². The van der Waals surface area contributed by atoms with Gasteiger partial charge >= 0.3 is 5.97 Å². The van der Waals surface area contributed by atoms with Crippen LogP contribution in [0.3, 0.4) is 0 Å². The Morgan fingerprint density at radius 1 is 1.18 bits per heavy atom. The lowest BCUT2D eigenvalue weighted by atomic mass is 9.89. The van der Waals surface area contributed by atoms with Gasteiger partial charge in [0, 0.05) is 11.6 Å². The SMILES string of the molecule is CCOC(=O)CN(C(=O)CSc1nnc(C2CCCCC2)o1)c1ccccc1. The van der Waals surface area contributed by atoms with Gasteiger partial charge in [0.2, 0.25) is 11.8 Å². The van der Waals surface area contributed by atoms with Gasteiger partial charge in [-0.15, -0.1) is 10.2 Å². The molecule has 0 aliphatic heterocycles. The molecule has 0 saturated heterocycles. The standard InChI is InChI=1S/C20H25N3O4S/c1-2-26-18(25)13-23(16-11-7-4-8-12-16)17(24)14-28-20-22-21-19(27-20)15-9-5-3-6-10-15/h4,7-8,11-12,15H,2-3,5-6,9-10,13-14H2,1H3. The number of amides is 1. The van der Waals surface area contributed by atoms with E-state index in [1.165, 1.54) is 35.9 Å². The lowest BCUT2D eigenvalue weighted by Gasteiger charge is -2.21. The van der Waals surface area contributed by atoms with Gasteiger partial charge in [-0.2, -0.15) is 0 Å². The van der Waals surface area contributed by atoms with E-state index in [2.05, 4.69) is 10.2 Å². The van der Waals surface area contributed by atoms with E-state index < -0.39 is 5.97 Å². The number of carbonyl (C=O) groups excluding carboxylic acids is 2. The molecule has 8 heteroatoms. The van der Waals surface area contributed by atoms with Gasteiger partial charge in [0.15, 0.2) is 0 Å². The highest BCUT2D eigenvalue weighted by Crippen LogP contribution is 2.33. The summed E-state index contributed by atoms with van der Waals surface area (Å²) in [6.45, 7) is 1.88. The average Bonchev–Trinajstić information content (AvgIpc) is 3.21. The third-order valence-electron chi connectivity index (χ3n) is 4.66. The summed E-state index contributed by atoms with van der Waals surface area (Å²) >= 11 is 1.19. The van der Waals surface area contributed by atoms with Crippen LogP contribution in [0.15, 0.2) is 40.0 Å². The number of hydrogen-bond acceptors (Lipinski definition) is 7. The zero-order valence-electron chi connectivity index (χ0n) is 16.0. The number of carbonyl (C=O) groups is 2. The smallest absolute Gasteiger partial charge is 0.326 e. The second kappa shape index (κ2) is 10.3. The predicted molar refractivity (Wildman–Crippen MR) is 106 cm³/mol. The topological polar surface area (TPSA) is 85.5 Å². The van der Waals surface area contributed by atoms with Crippen molar-refractivity contribution in [3.63, 3.8) is 0 Å². The lowest BCUT2D eigenvalue weighted by molar-refractivity contribution is -0.142. The van der Waals surface area contributed by atoms with Gasteiger partial charge in [-0.1, -0.05) is 49.2 Å². The Morgan fingerprint density at radius 3 is 2.64 bits per heavy atom. The number of hydrogen-bond donors (Lipinski definition) is 0. The molecule has 1 heterocycles. The van der Waals surface area contributed by atoms with E-state index in [0.717, 1.165) is 12.8 Å². The summed E-state index contributed by atoms with van der Waals surface area (Å²) in [5, 5.41) is 8.61. The molecule has 1 aromatic heterocycles. The van der Waals surface area contributed by atoms with Crippen LogP contribution in [0, 0.1) is 0 Å². The minimum absolute atomic E-state index is 0.0978. The number of rotatable bonds is 8. The maximum atomic E-state index is 12.8. The normalized spacial score (nSPS) is 14.6. The van der Waals surface area contributed by atoms with Crippen molar-refractivity contribution in [2.75, 3.05) is 23.8 Å². The first-order valence-electron chi connectivity index (χ1n) is 9.64. The Balaban J connectivity index is 1.61. The molecule has 28 heavy (non-hydrogen) atoms. The van der Waals surface area contributed by atoms with Crippen LogP contribution < -0.4 is 4.90 Å². The van der Waals surface area contributed by atoms with E-state index >= 15 is 0 Å². The average molecular weight is 404 g/mol. The molecule has 1 aromatic carbocycles. The summed E-state index contributed by atoms with van der Waals surface area (Å²) in [7, 11) is 0. The molecule has 0 bridgehead atoms. The van der Waals surface area contributed by atoms with Crippen LogP contribution in [0.5, 0.6) is 0 Å². The molecule has 1 saturated carbocycles. The van der Waals surface area contributed by atoms with Crippen molar-refractivity contribution >= 4 is 29.3 Å². The molecule has 1 aliphatic rings. The Morgan fingerprint density at radius 2 is 1.93 bits per heavy atom. The highest BCUT2D eigenvalue weighted by atomic mass is 32.2.